The van der Waals surface area contributed by atoms with Crippen LogP contribution in [0.5, 0.6) is 0 Å². The average Bonchev–Trinajstić information content (AvgIpc) is 3.09. The fourth-order valence-electron chi connectivity index (χ4n) is 4.22. The van der Waals surface area contributed by atoms with Crippen LogP contribution in [0.4, 0.5) is 4.79 Å². The Kier molecular flexibility index (Phi) is 7.00. The van der Waals surface area contributed by atoms with Crippen LogP contribution in [0.1, 0.15) is 57.4 Å². The van der Waals surface area contributed by atoms with Gasteiger partial charge in [-0.15, -0.1) is 11.3 Å². The van der Waals surface area contributed by atoms with Crippen LogP contribution >= 0.6 is 11.3 Å². The van der Waals surface area contributed by atoms with Crippen LogP contribution in [0.15, 0.2) is 22.3 Å². The number of hydrogen-bond acceptors (Lipinski definition) is 4. The van der Waals surface area contributed by atoms with Crippen LogP contribution in [-0.4, -0.2) is 40.1 Å². The van der Waals surface area contributed by atoms with Crippen LogP contribution in [0.2, 0.25) is 0 Å². The lowest BCUT2D eigenvalue weighted by atomic mass is 9.87. The second-order valence-electron chi connectivity index (χ2n) is 8.02. The second kappa shape index (κ2) is 9.51. The Balaban J connectivity index is 1.72. The standard InChI is InChI=1S/C23H29N3O4S/c1-5-17(16-6-8-26(9-7-16)23(29)30)20-15(4)19(12-31-20)21(27)24-11-18-13(2)10-14(3)25-22(18)28/h5,10,12,16H,6-9,11H2,1-4H3,(H,24,27)(H,25,28)(H,29,30). The molecule has 3 heterocycles. The number of pyridine rings is 1. The number of aromatic amines is 1. The zero-order valence-electron chi connectivity index (χ0n) is 18.4. The normalized spacial score (nSPS) is 15.2. The third-order valence-electron chi connectivity index (χ3n) is 5.98. The summed E-state index contributed by atoms with van der Waals surface area (Å²) in [4.78, 5) is 41.5. The molecule has 0 bridgehead atoms. The van der Waals surface area contributed by atoms with E-state index >= 15 is 0 Å². The molecule has 31 heavy (non-hydrogen) atoms. The van der Waals surface area contributed by atoms with E-state index < -0.39 is 6.09 Å². The first-order valence-corrected chi connectivity index (χ1v) is 11.3. The highest BCUT2D eigenvalue weighted by Crippen LogP contribution is 2.37. The lowest BCUT2D eigenvalue weighted by molar-refractivity contribution is 0.0950. The highest BCUT2D eigenvalue weighted by molar-refractivity contribution is 7.11. The van der Waals surface area contributed by atoms with Gasteiger partial charge in [0, 0.05) is 41.1 Å². The van der Waals surface area contributed by atoms with Crippen molar-refractivity contribution in [3.05, 3.63) is 60.7 Å². The number of likely N-dealkylation sites (tertiary alicyclic amines) is 1. The Morgan fingerprint density at radius 2 is 1.97 bits per heavy atom. The maximum atomic E-state index is 12.8. The first-order valence-electron chi connectivity index (χ1n) is 10.4. The summed E-state index contributed by atoms with van der Waals surface area (Å²) in [6, 6.07) is 1.89. The van der Waals surface area contributed by atoms with Crippen molar-refractivity contribution in [2.75, 3.05) is 13.1 Å². The SMILES string of the molecule is CC=C(c1scc(C(=O)NCc2c(C)cc(C)[nH]c2=O)c1C)C1CCN(C(=O)O)CC1. The molecule has 1 saturated heterocycles. The number of allylic oxidation sites excluding steroid dienone is 2. The van der Waals surface area contributed by atoms with Crippen molar-refractivity contribution < 1.29 is 14.7 Å². The van der Waals surface area contributed by atoms with E-state index in [1.165, 1.54) is 10.5 Å². The minimum absolute atomic E-state index is 0.176. The van der Waals surface area contributed by atoms with Gasteiger partial charge in [0.25, 0.3) is 11.5 Å². The average molecular weight is 444 g/mol. The summed E-state index contributed by atoms with van der Waals surface area (Å²) < 4.78 is 0. The van der Waals surface area contributed by atoms with Crippen LogP contribution in [0.3, 0.4) is 0 Å². The quantitative estimate of drug-likeness (QED) is 0.648. The Morgan fingerprint density at radius 3 is 2.55 bits per heavy atom. The molecule has 2 aromatic rings. The summed E-state index contributed by atoms with van der Waals surface area (Å²) >= 11 is 1.54. The molecular formula is C23H29N3O4S. The Labute approximate surface area is 185 Å². The third kappa shape index (κ3) is 4.90. The number of hydrogen-bond donors (Lipinski definition) is 3. The van der Waals surface area contributed by atoms with Crippen LogP contribution in [-0.2, 0) is 6.54 Å². The molecule has 0 aliphatic carbocycles. The van der Waals surface area contributed by atoms with Crippen molar-refractivity contribution in [3.8, 4) is 0 Å². The van der Waals surface area contributed by atoms with Gasteiger partial charge in [-0.25, -0.2) is 4.79 Å². The summed E-state index contributed by atoms with van der Waals surface area (Å²) in [5.74, 6) is 0.0816. The highest BCUT2D eigenvalue weighted by atomic mass is 32.1. The first-order chi connectivity index (χ1) is 14.7. The van der Waals surface area contributed by atoms with Crippen molar-refractivity contribution in [2.45, 2.75) is 47.1 Å². The first kappa shape index (κ1) is 22.8. The van der Waals surface area contributed by atoms with E-state index in [-0.39, 0.29) is 23.9 Å². The van der Waals surface area contributed by atoms with Gasteiger partial charge in [-0.2, -0.15) is 0 Å². The number of nitrogens with one attached hydrogen (secondary N) is 2. The smallest absolute Gasteiger partial charge is 0.407 e. The summed E-state index contributed by atoms with van der Waals surface area (Å²) in [5.41, 5.74) is 4.75. The molecule has 8 heteroatoms. The largest absolute Gasteiger partial charge is 0.465 e. The van der Waals surface area contributed by atoms with Gasteiger partial charge in [0.1, 0.15) is 0 Å². The van der Waals surface area contributed by atoms with Gasteiger partial charge >= 0.3 is 6.09 Å². The third-order valence-corrected chi connectivity index (χ3v) is 7.11. The second-order valence-corrected chi connectivity index (χ2v) is 8.90. The number of aryl methyl sites for hydroxylation is 2. The molecule has 7 nitrogen and oxygen atoms in total. The van der Waals surface area contributed by atoms with Gasteiger partial charge in [-0.3, -0.25) is 9.59 Å². The number of piperidine rings is 1. The molecule has 3 N–H and O–H groups in total. The number of H-pyrrole nitrogens is 1. The van der Waals surface area contributed by atoms with E-state index in [0.717, 1.165) is 34.5 Å². The molecule has 2 aromatic heterocycles. The zero-order chi connectivity index (χ0) is 22.7. The number of thiophene rings is 1. The van der Waals surface area contributed by atoms with Gasteiger partial charge in [-0.1, -0.05) is 6.08 Å². The summed E-state index contributed by atoms with van der Waals surface area (Å²) in [6.07, 6.45) is 2.77. The summed E-state index contributed by atoms with van der Waals surface area (Å²) in [5, 5.41) is 13.9. The maximum Gasteiger partial charge on any atom is 0.407 e. The minimum Gasteiger partial charge on any atom is -0.465 e. The van der Waals surface area contributed by atoms with E-state index in [9.17, 15) is 19.5 Å². The molecule has 0 aromatic carbocycles. The molecule has 0 unspecified atom stereocenters. The number of amides is 2. The molecule has 1 aliphatic heterocycles. The molecule has 166 valence electrons. The topological polar surface area (TPSA) is 103 Å². The van der Waals surface area contributed by atoms with Gasteiger partial charge in [0.2, 0.25) is 0 Å². The maximum absolute atomic E-state index is 12.8. The monoisotopic (exact) mass is 443 g/mol. The minimum atomic E-state index is -0.866. The van der Waals surface area contributed by atoms with Crippen molar-refractivity contribution in [3.63, 3.8) is 0 Å². The fourth-order valence-corrected chi connectivity index (χ4v) is 5.45. The Morgan fingerprint density at radius 1 is 1.29 bits per heavy atom. The molecule has 2 amide bonds. The van der Waals surface area contributed by atoms with Gasteiger partial charge in [-0.05, 0) is 69.2 Å². The molecule has 3 rings (SSSR count). The van der Waals surface area contributed by atoms with E-state index in [2.05, 4.69) is 16.4 Å². The molecule has 0 atom stereocenters. The number of rotatable bonds is 5. The predicted octanol–water partition coefficient (Wildman–Crippen LogP) is 4.08. The zero-order valence-corrected chi connectivity index (χ0v) is 19.2. The van der Waals surface area contributed by atoms with Crippen molar-refractivity contribution in [1.82, 2.24) is 15.2 Å². The van der Waals surface area contributed by atoms with E-state index in [1.54, 1.807) is 11.3 Å². The highest BCUT2D eigenvalue weighted by Gasteiger charge is 2.27. The summed E-state index contributed by atoms with van der Waals surface area (Å²) in [7, 11) is 0. The van der Waals surface area contributed by atoms with Crippen LogP contribution in [0, 0.1) is 26.7 Å². The van der Waals surface area contributed by atoms with Crippen LogP contribution in [0.25, 0.3) is 5.57 Å². The molecule has 0 spiro atoms. The Bertz CT molecular complexity index is 1070. The van der Waals surface area contributed by atoms with Crippen LogP contribution < -0.4 is 10.9 Å². The molecule has 0 saturated carbocycles. The lowest BCUT2D eigenvalue weighted by Crippen LogP contribution is -2.37. The van der Waals surface area contributed by atoms with Crippen molar-refractivity contribution >= 4 is 28.9 Å². The van der Waals surface area contributed by atoms with E-state index in [4.69, 9.17) is 0 Å². The van der Waals surface area contributed by atoms with Crippen molar-refractivity contribution in [2.24, 2.45) is 5.92 Å². The molecule has 0 radical (unpaired) electrons. The molecule has 1 aliphatic rings. The predicted molar refractivity (Wildman–Crippen MR) is 123 cm³/mol. The number of nitrogens with zero attached hydrogens (tertiary/aromatic N) is 1. The fraction of sp³-hybridized carbons (Fsp3) is 0.435. The Hall–Kier alpha value is -2.87. The number of carbonyl (C=O) groups is 2. The van der Waals surface area contributed by atoms with Crippen molar-refractivity contribution in [1.29, 1.82) is 0 Å². The lowest BCUT2D eigenvalue weighted by Gasteiger charge is -2.31. The van der Waals surface area contributed by atoms with Gasteiger partial charge in [0.15, 0.2) is 0 Å². The summed E-state index contributed by atoms with van der Waals surface area (Å²) in [6.45, 7) is 8.86. The van der Waals surface area contributed by atoms with Gasteiger partial charge < -0.3 is 20.3 Å². The van der Waals surface area contributed by atoms with E-state index in [1.807, 2.05) is 39.1 Å². The number of carboxylic acid groups (broad SMARTS) is 1. The van der Waals surface area contributed by atoms with Gasteiger partial charge in [0.05, 0.1) is 5.56 Å². The molecular weight excluding hydrogens is 414 g/mol. The number of carbonyl (C=O) groups excluding carboxylic acids is 1. The number of aromatic nitrogens is 1. The molecule has 1 fully saturated rings. The van der Waals surface area contributed by atoms with E-state index in [0.29, 0.717) is 24.2 Å².